The second kappa shape index (κ2) is 5.49. The van der Waals surface area contributed by atoms with Gasteiger partial charge in [-0.05, 0) is 34.1 Å². The normalized spacial score (nSPS) is 10.4. The van der Waals surface area contributed by atoms with Crippen molar-refractivity contribution in [2.75, 3.05) is 0 Å². The van der Waals surface area contributed by atoms with Gasteiger partial charge in [-0.1, -0.05) is 0 Å². The van der Waals surface area contributed by atoms with Crippen molar-refractivity contribution in [1.82, 2.24) is 0 Å². The molecule has 0 radical (unpaired) electrons. The molecule has 0 aliphatic rings. The third kappa shape index (κ3) is 2.90. The van der Waals surface area contributed by atoms with Crippen LogP contribution in [-0.4, -0.2) is 4.92 Å². The Hall–Kier alpha value is -2.09. The maximum absolute atomic E-state index is 13.4. The van der Waals surface area contributed by atoms with E-state index in [1.54, 1.807) is 0 Å². The zero-order valence-corrected chi connectivity index (χ0v) is 11.2. The molecule has 0 aliphatic heterocycles. The summed E-state index contributed by atoms with van der Waals surface area (Å²) in [4.78, 5) is 9.73. The molecule has 0 saturated carbocycles. The van der Waals surface area contributed by atoms with Gasteiger partial charge in [0.2, 0.25) is 11.6 Å². The molecule has 2 aromatic carbocycles. The Labute approximate surface area is 119 Å². The quantitative estimate of drug-likeness (QED) is 0.603. The van der Waals surface area contributed by atoms with E-state index in [9.17, 15) is 23.3 Å². The van der Waals surface area contributed by atoms with Gasteiger partial charge >= 0.3 is 5.69 Å². The van der Waals surface area contributed by atoms with E-state index in [4.69, 9.17) is 4.74 Å². The summed E-state index contributed by atoms with van der Waals surface area (Å²) < 4.78 is 44.6. The summed E-state index contributed by atoms with van der Waals surface area (Å²) in [6.07, 6.45) is 0. The Bertz CT molecular complexity index is 694. The Morgan fingerprint density at radius 2 is 1.80 bits per heavy atom. The van der Waals surface area contributed by atoms with Gasteiger partial charge in [0.1, 0.15) is 17.4 Å². The van der Waals surface area contributed by atoms with Crippen molar-refractivity contribution in [3.63, 3.8) is 0 Å². The standard InChI is InChI=1S/C12H5BrF3NO3/c13-8-5-7(1-2-9(8)15)20-11-4-6(14)3-10(16)12(11)17(18)19/h1-5H. The van der Waals surface area contributed by atoms with Crippen LogP contribution in [0.15, 0.2) is 34.8 Å². The smallest absolute Gasteiger partial charge is 0.347 e. The molecule has 2 rings (SSSR count). The number of halogens is 4. The van der Waals surface area contributed by atoms with Gasteiger partial charge in [-0.3, -0.25) is 10.1 Å². The van der Waals surface area contributed by atoms with Gasteiger partial charge in [0.05, 0.1) is 9.40 Å². The predicted molar refractivity (Wildman–Crippen MR) is 67.2 cm³/mol. The van der Waals surface area contributed by atoms with E-state index in [-0.39, 0.29) is 10.2 Å². The molecule has 0 aliphatic carbocycles. The van der Waals surface area contributed by atoms with Crippen LogP contribution in [0, 0.1) is 27.6 Å². The fourth-order valence-corrected chi connectivity index (χ4v) is 1.82. The largest absolute Gasteiger partial charge is 0.450 e. The fraction of sp³-hybridized carbons (Fsp3) is 0. The SMILES string of the molecule is O=[N+]([O-])c1c(F)cc(F)cc1Oc1ccc(F)c(Br)c1. The Morgan fingerprint density at radius 3 is 2.40 bits per heavy atom. The number of hydrogen-bond acceptors (Lipinski definition) is 3. The zero-order chi connectivity index (χ0) is 14.9. The van der Waals surface area contributed by atoms with Gasteiger partial charge in [0.25, 0.3) is 0 Å². The molecule has 0 aromatic heterocycles. The molecule has 0 saturated heterocycles. The highest BCUT2D eigenvalue weighted by Gasteiger charge is 2.24. The summed E-state index contributed by atoms with van der Waals surface area (Å²) >= 11 is 2.90. The second-order valence-corrected chi connectivity index (χ2v) is 4.52. The van der Waals surface area contributed by atoms with Crippen LogP contribution in [0.3, 0.4) is 0 Å². The second-order valence-electron chi connectivity index (χ2n) is 3.67. The van der Waals surface area contributed by atoms with Crippen LogP contribution in [-0.2, 0) is 0 Å². The van der Waals surface area contributed by atoms with E-state index in [0.29, 0.717) is 12.1 Å². The number of ether oxygens (including phenoxy) is 1. The average Bonchev–Trinajstić information content (AvgIpc) is 2.32. The molecule has 2 aromatic rings. The van der Waals surface area contributed by atoms with E-state index >= 15 is 0 Å². The van der Waals surface area contributed by atoms with Crippen molar-refractivity contribution in [3.05, 3.63) is 62.4 Å². The van der Waals surface area contributed by atoms with Crippen LogP contribution in [0.2, 0.25) is 0 Å². The molecule has 0 N–H and O–H groups in total. The highest BCUT2D eigenvalue weighted by atomic mass is 79.9. The minimum absolute atomic E-state index is 0.00799. The molecule has 0 unspecified atom stereocenters. The van der Waals surface area contributed by atoms with Crippen LogP contribution < -0.4 is 4.74 Å². The first-order valence-corrected chi connectivity index (χ1v) is 5.94. The summed E-state index contributed by atoms with van der Waals surface area (Å²) in [7, 11) is 0. The van der Waals surface area contributed by atoms with Gasteiger partial charge in [-0.15, -0.1) is 0 Å². The summed E-state index contributed by atoms with van der Waals surface area (Å²) in [6.45, 7) is 0. The van der Waals surface area contributed by atoms with Crippen molar-refractivity contribution >= 4 is 21.6 Å². The van der Waals surface area contributed by atoms with Gasteiger partial charge in [-0.2, -0.15) is 4.39 Å². The molecule has 0 atom stereocenters. The maximum atomic E-state index is 13.4. The molecule has 4 nitrogen and oxygen atoms in total. The molecule has 0 bridgehead atoms. The number of nitro benzene ring substituents is 1. The van der Waals surface area contributed by atoms with E-state index in [0.717, 1.165) is 6.07 Å². The number of nitro groups is 1. The summed E-state index contributed by atoms with van der Waals surface area (Å²) in [5, 5.41) is 10.8. The molecule has 20 heavy (non-hydrogen) atoms. The Balaban J connectivity index is 2.47. The van der Waals surface area contributed by atoms with E-state index in [1.807, 2.05) is 0 Å². The van der Waals surface area contributed by atoms with Crippen LogP contribution in [0.5, 0.6) is 11.5 Å². The lowest BCUT2D eigenvalue weighted by molar-refractivity contribution is -0.388. The first kappa shape index (κ1) is 14.3. The predicted octanol–water partition coefficient (Wildman–Crippen LogP) is 4.57. The summed E-state index contributed by atoms with van der Waals surface area (Å²) in [5.41, 5.74) is -0.994. The number of rotatable bonds is 3. The van der Waals surface area contributed by atoms with Crippen LogP contribution in [0.1, 0.15) is 0 Å². The van der Waals surface area contributed by atoms with E-state index in [1.165, 1.54) is 12.1 Å². The molecular formula is C12H5BrF3NO3. The number of benzene rings is 2. The molecular weight excluding hydrogens is 343 g/mol. The lowest BCUT2D eigenvalue weighted by Crippen LogP contribution is -1.98. The molecule has 0 fully saturated rings. The minimum atomic E-state index is -1.36. The first-order chi connectivity index (χ1) is 9.38. The topological polar surface area (TPSA) is 52.4 Å². The van der Waals surface area contributed by atoms with Crippen LogP contribution in [0.4, 0.5) is 18.9 Å². The molecule has 0 amide bonds. The molecule has 8 heteroatoms. The number of hydrogen-bond donors (Lipinski definition) is 0. The minimum Gasteiger partial charge on any atom is -0.450 e. The summed E-state index contributed by atoms with van der Waals surface area (Å²) in [5.74, 6) is -3.56. The van der Waals surface area contributed by atoms with E-state index < -0.39 is 33.8 Å². The average molecular weight is 348 g/mol. The fourth-order valence-electron chi connectivity index (χ4n) is 1.46. The van der Waals surface area contributed by atoms with Crippen LogP contribution in [0.25, 0.3) is 0 Å². The van der Waals surface area contributed by atoms with Gasteiger partial charge in [0.15, 0.2) is 0 Å². The monoisotopic (exact) mass is 347 g/mol. The molecule has 104 valence electrons. The zero-order valence-electron chi connectivity index (χ0n) is 9.57. The van der Waals surface area contributed by atoms with Gasteiger partial charge in [0, 0.05) is 12.1 Å². The van der Waals surface area contributed by atoms with E-state index in [2.05, 4.69) is 15.9 Å². The van der Waals surface area contributed by atoms with Crippen LogP contribution >= 0.6 is 15.9 Å². The molecule has 0 heterocycles. The van der Waals surface area contributed by atoms with Gasteiger partial charge in [-0.25, -0.2) is 8.78 Å². The lowest BCUT2D eigenvalue weighted by Gasteiger charge is -2.07. The molecule has 0 spiro atoms. The van der Waals surface area contributed by atoms with Crippen molar-refractivity contribution in [1.29, 1.82) is 0 Å². The number of nitrogens with zero attached hydrogens (tertiary/aromatic N) is 1. The van der Waals surface area contributed by atoms with Crippen molar-refractivity contribution in [2.24, 2.45) is 0 Å². The Morgan fingerprint density at radius 1 is 1.10 bits per heavy atom. The highest BCUT2D eigenvalue weighted by molar-refractivity contribution is 9.10. The third-order valence-electron chi connectivity index (χ3n) is 2.29. The van der Waals surface area contributed by atoms with Crippen molar-refractivity contribution < 1.29 is 22.8 Å². The highest BCUT2D eigenvalue weighted by Crippen LogP contribution is 2.35. The maximum Gasteiger partial charge on any atom is 0.347 e. The first-order valence-electron chi connectivity index (χ1n) is 5.15. The summed E-state index contributed by atoms with van der Waals surface area (Å²) in [6, 6.07) is 4.46. The van der Waals surface area contributed by atoms with Gasteiger partial charge < -0.3 is 4.74 Å². The lowest BCUT2D eigenvalue weighted by atomic mass is 10.2. The Kier molecular flexibility index (Phi) is 3.93. The van der Waals surface area contributed by atoms with Crippen molar-refractivity contribution in [2.45, 2.75) is 0 Å². The third-order valence-corrected chi connectivity index (χ3v) is 2.90. The van der Waals surface area contributed by atoms with Crippen molar-refractivity contribution in [3.8, 4) is 11.5 Å².